The van der Waals surface area contributed by atoms with Crippen LogP contribution in [0.25, 0.3) is 11.3 Å². The molecule has 11 heteroatoms. The fourth-order valence-electron chi connectivity index (χ4n) is 2.39. The van der Waals surface area contributed by atoms with Crippen LogP contribution >= 0.6 is 0 Å². The number of pyridine rings is 1. The van der Waals surface area contributed by atoms with Crippen molar-refractivity contribution < 1.29 is 21.6 Å². The summed E-state index contributed by atoms with van der Waals surface area (Å²) in [4.78, 5) is 7.89. The van der Waals surface area contributed by atoms with Gasteiger partial charge in [0.1, 0.15) is 5.82 Å². The normalized spacial score (nSPS) is 12.2. The maximum absolute atomic E-state index is 12.9. The largest absolute Gasteiger partial charge is 0.416 e. The van der Waals surface area contributed by atoms with Gasteiger partial charge in [-0.05, 0) is 30.3 Å². The number of aromatic nitrogens is 3. The molecule has 3 rings (SSSR count). The van der Waals surface area contributed by atoms with Crippen LogP contribution in [0.1, 0.15) is 5.56 Å². The Balaban J connectivity index is 2.08. The molecule has 2 heterocycles. The number of sulfonamides is 1. The number of nitrogens with two attached hydrogens (primary N) is 1. The minimum absolute atomic E-state index is 0.0506. The fraction of sp³-hybridized carbons (Fsp3) is 0.125. The Morgan fingerprint density at radius 2 is 1.89 bits per heavy atom. The molecule has 0 saturated heterocycles. The highest BCUT2D eigenvalue weighted by Crippen LogP contribution is 2.33. The SMILES string of the molecule is Cn1cnc(-c2cc(S(N)(=O)=O)ccc2Nc2cc(C(F)(F)F)ccn2)c1. The number of nitrogens with one attached hydrogen (secondary N) is 1. The zero-order valence-corrected chi connectivity index (χ0v) is 14.7. The van der Waals surface area contributed by atoms with Crippen molar-refractivity contribution in [3.63, 3.8) is 0 Å². The number of hydrogen-bond donors (Lipinski definition) is 2. The third-order valence-corrected chi connectivity index (χ3v) is 4.56. The third-order valence-electron chi connectivity index (χ3n) is 3.65. The summed E-state index contributed by atoms with van der Waals surface area (Å²) in [5, 5.41) is 7.94. The summed E-state index contributed by atoms with van der Waals surface area (Å²) in [5.74, 6) is -0.0506. The minimum atomic E-state index is -4.51. The van der Waals surface area contributed by atoms with Gasteiger partial charge in [-0.25, -0.2) is 23.5 Å². The summed E-state index contributed by atoms with van der Waals surface area (Å²) in [6, 6.07) is 5.65. The maximum Gasteiger partial charge on any atom is 0.416 e. The number of aryl methyl sites for hydroxylation is 1. The molecule has 0 spiro atoms. The number of alkyl halides is 3. The van der Waals surface area contributed by atoms with E-state index in [4.69, 9.17) is 5.14 Å². The summed E-state index contributed by atoms with van der Waals surface area (Å²) in [7, 11) is -2.25. The molecule has 142 valence electrons. The van der Waals surface area contributed by atoms with E-state index in [1.54, 1.807) is 17.8 Å². The molecule has 0 amide bonds. The summed E-state index contributed by atoms with van der Waals surface area (Å²) in [5.41, 5.74) is 0.229. The Hall–Kier alpha value is -2.92. The Morgan fingerprint density at radius 3 is 2.48 bits per heavy atom. The second-order valence-electron chi connectivity index (χ2n) is 5.73. The highest BCUT2D eigenvalue weighted by Gasteiger charge is 2.30. The molecule has 0 fully saturated rings. The number of primary sulfonamides is 1. The average Bonchev–Trinajstić information content (AvgIpc) is 3.00. The molecule has 0 bridgehead atoms. The zero-order valence-electron chi connectivity index (χ0n) is 13.9. The standard InChI is InChI=1S/C16H14F3N5O2S/c1-24-8-14(22-9-24)12-7-11(27(20,25)26)2-3-13(12)23-15-6-10(4-5-21-15)16(17,18)19/h2-9H,1H3,(H,21,23)(H2,20,25,26). The van der Waals surface area contributed by atoms with E-state index < -0.39 is 21.8 Å². The Kier molecular flexibility index (Phi) is 4.66. The quantitative estimate of drug-likeness (QED) is 0.705. The first-order valence-electron chi connectivity index (χ1n) is 7.49. The van der Waals surface area contributed by atoms with Crippen molar-refractivity contribution in [2.75, 3.05) is 5.32 Å². The molecule has 0 radical (unpaired) electrons. The number of hydrogen-bond acceptors (Lipinski definition) is 5. The van der Waals surface area contributed by atoms with Crippen molar-refractivity contribution in [3.05, 3.63) is 54.6 Å². The van der Waals surface area contributed by atoms with Gasteiger partial charge in [0.05, 0.1) is 22.5 Å². The molecule has 0 atom stereocenters. The van der Waals surface area contributed by atoms with Crippen LogP contribution in [-0.4, -0.2) is 23.0 Å². The van der Waals surface area contributed by atoms with Crippen LogP contribution in [0.15, 0.2) is 53.9 Å². The van der Waals surface area contributed by atoms with Gasteiger partial charge in [0.15, 0.2) is 0 Å². The summed E-state index contributed by atoms with van der Waals surface area (Å²) in [6.07, 6.45) is -0.344. The Bertz CT molecular complexity index is 1090. The lowest BCUT2D eigenvalue weighted by Crippen LogP contribution is -2.12. The second kappa shape index (κ2) is 6.67. The van der Waals surface area contributed by atoms with Crippen LogP contribution in [0.4, 0.5) is 24.7 Å². The van der Waals surface area contributed by atoms with E-state index in [0.29, 0.717) is 16.9 Å². The topological polar surface area (TPSA) is 103 Å². The lowest BCUT2D eigenvalue weighted by atomic mass is 10.1. The second-order valence-corrected chi connectivity index (χ2v) is 7.29. The van der Waals surface area contributed by atoms with Crippen LogP contribution in [0.2, 0.25) is 0 Å². The predicted molar refractivity (Wildman–Crippen MR) is 92.5 cm³/mol. The highest BCUT2D eigenvalue weighted by molar-refractivity contribution is 7.89. The van der Waals surface area contributed by atoms with E-state index in [9.17, 15) is 21.6 Å². The molecule has 0 saturated carbocycles. The predicted octanol–water partition coefficient (Wildman–Crippen LogP) is 2.89. The molecule has 27 heavy (non-hydrogen) atoms. The van der Waals surface area contributed by atoms with Gasteiger partial charge in [-0.2, -0.15) is 13.2 Å². The van der Waals surface area contributed by atoms with E-state index >= 15 is 0 Å². The summed E-state index contributed by atoms with van der Waals surface area (Å²) in [6.45, 7) is 0. The monoisotopic (exact) mass is 397 g/mol. The lowest BCUT2D eigenvalue weighted by molar-refractivity contribution is -0.137. The first-order valence-corrected chi connectivity index (χ1v) is 9.04. The van der Waals surface area contributed by atoms with Crippen molar-refractivity contribution in [2.24, 2.45) is 12.2 Å². The average molecular weight is 397 g/mol. The first kappa shape index (κ1) is 18.9. The van der Waals surface area contributed by atoms with E-state index in [1.165, 1.54) is 24.5 Å². The Labute approximate surface area is 152 Å². The van der Waals surface area contributed by atoms with Crippen molar-refractivity contribution in [1.82, 2.24) is 14.5 Å². The van der Waals surface area contributed by atoms with Crippen LogP contribution in [0.5, 0.6) is 0 Å². The van der Waals surface area contributed by atoms with Gasteiger partial charge in [0.2, 0.25) is 10.0 Å². The zero-order chi connectivity index (χ0) is 19.8. The van der Waals surface area contributed by atoms with Gasteiger partial charge >= 0.3 is 6.18 Å². The minimum Gasteiger partial charge on any atom is -0.340 e. The summed E-state index contributed by atoms with van der Waals surface area (Å²) >= 11 is 0. The van der Waals surface area contributed by atoms with Gasteiger partial charge in [0, 0.05) is 30.7 Å². The number of benzene rings is 1. The molecule has 3 N–H and O–H groups in total. The maximum atomic E-state index is 12.9. The van der Waals surface area contributed by atoms with Crippen LogP contribution in [-0.2, 0) is 23.2 Å². The first-order chi connectivity index (χ1) is 12.5. The van der Waals surface area contributed by atoms with E-state index in [0.717, 1.165) is 18.3 Å². The van der Waals surface area contributed by atoms with Gasteiger partial charge in [0.25, 0.3) is 0 Å². The summed E-state index contributed by atoms with van der Waals surface area (Å²) < 4.78 is 63.6. The number of imidazole rings is 1. The van der Waals surface area contributed by atoms with Crippen LogP contribution < -0.4 is 10.5 Å². The van der Waals surface area contributed by atoms with Crippen molar-refractivity contribution in [1.29, 1.82) is 0 Å². The molecule has 2 aromatic heterocycles. The molecular weight excluding hydrogens is 383 g/mol. The van der Waals surface area contributed by atoms with E-state index in [2.05, 4.69) is 15.3 Å². The number of halogens is 3. The van der Waals surface area contributed by atoms with Gasteiger partial charge in [-0.15, -0.1) is 0 Å². The lowest BCUT2D eigenvalue weighted by Gasteiger charge is -2.13. The molecule has 1 aromatic carbocycles. The molecule has 0 aliphatic heterocycles. The third kappa shape index (κ3) is 4.26. The fourth-order valence-corrected chi connectivity index (χ4v) is 2.93. The number of anilines is 2. The Morgan fingerprint density at radius 1 is 1.15 bits per heavy atom. The van der Waals surface area contributed by atoms with Crippen molar-refractivity contribution in [2.45, 2.75) is 11.1 Å². The molecule has 3 aromatic rings. The number of nitrogens with zero attached hydrogens (tertiary/aromatic N) is 3. The molecular formula is C16H14F3N5O2S. The van der Waals surface area contributed by atoms with Crippen molar-refractivity contribution in [3.8, 4) is 11.3 Å². The highest BCUT2D eigenvalue weighted by atomic mass is 32.2. The van der Waals surface area contributed by atoms with E-state index in [-0.39, 0.29) is 10.7 Å². The van der Waals surface area contributed by atoms with Gasteiger partial charge < -0.3 is 9.88 Å². The van der Waals surface area contributed by atoms with E-state index in [1.807, 2.05) is 0 Å². The van der Waals surface area contributed by atoms with Crippen molar-refractivity contribution >= 4 is 21.5 Å². The van der Waals surface area contributed by atoms with Gasteiger partial charge in [-0.1, -0.05) is 0 Å². The van der Waals surface area contributed by atoms with Crippen LogP contribution in [0.3, 0.4) is 0 Å². The molecule has 7 nitrogen and oxygen atoms in total. The molecule has 0 aliphatic rings. The number of rotatable bonds is 4. The van der Waals surface area contributed by atoms with Crippen LogP contribution in [0, 0.1) is 0 Å². The molecule has 0 unspecified atom stereocenters. The van der Waals surface area contributed by atoms with Gasteiger partial charge in [-0.3, -0.25) is 0 Å². The molecule has 0 aliphatic carbocycles. The smallest absolute Gasteiger partial charge is 0.340 e.